The summed E-state index contributed by atoms with van der Waals surface area (Å²) in [4.78, 5) is 0. The van der Waals surface area contributed by atoms with Crippen LogP contribution in [0.3, 0.4) is 0 Å². The third kappa shape index (κ3) is 2.38. The molecule has 1 heterocycles. The van der Waals surface area contributed by atoms with Crippen molar-refractivity contribution in [2.24, 2.45) is 11.8 Å². The van der Waals surface area contributed by atoms with E-state index < -0.39 is 0 Å². The normalized spacial score (nSPS) is 26.9. The van der Waals surface area contributed by atoms with Gasteiger partial charge in [-0.1, -0.05) is 23.7 Å². The number of ether oxygens (including phenoxy) is 1. The van der Waals surface area contributed by atoms with Crippen LogP contribution >= 0.6 is 11.6 Å². The molecule has 3 N–H and O–H groups in total. The summed E-state index contributed by atoms with van der Waals surface area (Å²) >= 11 is 5.99. The number of hydrazine groups is 1. The number of halogens is 1. The highest BCUT2D eigenvalue weighted by molar-refractivity contribution is 6.30. The van der Waals surface area contributed by atoms with Gasteiger partial charge in [-0.05, 0) is 31.0 Å². The van der Waals surface area contributed by atoms with Gasteiger partial charge in [0.05, 0.1) is 12.1 Å². The Kier molecular flexibility index (Phi) is 3.82. The molecule has 0 amide bonds. The van der Waals surface area contributed by atoms with Gasteiger partial charge in [-0.3, -0.25) is 11.3 Å². The lowest BCUT2D eigenvalue weighted by Gasteiger charge is -2.25. The Morgan fingerprint density at radius 2 is 2.38 bits per heavy atom. The van der Waals surface area contributed by atoms with E-state index in [0.29, 0.717) is 5.92 Å². The fourth-order valence-electron chi connectivity index (χ4n) is 2.35. The van der Waals surface area contributed by atoms with Gasteiger partial charge < -0.3 is 4.74 Å². The number of hydrogen-bond donors (Lipinski definition) is 2. The molecule has 1 aliphatic rings. The molecule has 3 atom stereocenters. The van der Waals surface area contributed by atoms with Crippen LogP contribution in [0.5, 0.6) is 0 Å². The number of hydrogen-bond acceptors (Lipinski definition) is 3. The van der Waals surface area contributed by atoms with Crippen LogP contribution in [0.4, 0.5) is 0 Å². The Bertz CT molecular complexity index is 359. The molecule has 3 nitrogen and oxygen atoms in total. The molecule has 2 rings (SSSR count). The summed E-state index contributed by atoms with van der Waals surface area (Å²) in [6, 6.07) is 7.92. The van der Waals surface area contributed by atoms with Crippen LogP contribution in [0.25, 0.3) is 0 Å². The zero-order valence-electron chi connectivity index (χ0n) is 9.32. The van der Waals surface area contributed by atoms with E-state index in [4.69, 9.17) is 22.2 Å². The van der Waals surface area contributed by atoms with Crippen molar-refractivity contribution in [3.8, 4) is 0 Å². The van der Waals surface area contributed by atoms with E-state index in [2.05, 4.69) is 12.3 Å². The van der Waals surface area contributed by atoms with Crippen LogP contribution in [0.2, 0.25) is 5.02 Å². The summed E-state index contributed by atoms with van der Waals surface area (Å²) in [5.41, 5.74) is 4.00. The molecule has 0 bridgehead atoms. The SMILES string of the molecule is CC1OCCC1C(NN)c1cccc(Cl)c1. The maximum atomic E-state index is 5.99. The van der Waals surface area contributed by atoms with Crippen molar-refractivity contribution < 1.29 is 4.74 Å². The maximum Gasteiger partial charge on any atom is 0.0594 e. The highest BCUT2D eigenvalue weighted by Gasteiger charge is 2.32. The highest BCUT2D eigenvalue weighted by Crippen LogP contribution is 2.33. The first kappa shape index (κ1) is 11.9. The van der Waals surface area contributed by atoms with Crippen LogP contribution < -0.4 is 11.3 Å². The van der Waals surface area contributed by atoms with Crippen molar-refractivity contribution in [3.63, 3.8) is 0 Å². The van der Waals surface area contributed by atoms with Crippen LogP contribution in [-0.4, -0.2) is 12.7 Å². The molecule has 1 aliphatic heterocycles. The Morgan fingerprint density at radius 1 is 1.56 bits per heavy atom. The predicted molar refractivity (Wildman–Crippen MR) is 65.0 cm³/mol. The smallest absolute Gasteiger partial charge is 0.0594 e. The van der Waals surface area contributed by atoms with Crippen LogP contribution in [0.15, 0.2) is 24.3 Å². The van der Waals surface area contributed by atoms with Crippen molar-refractivity contribution in [2.75, 3.05) is 6.61 Å². The summed E-state index contributed by atoms with van der Waals surface area (Å²) in [6.45, 7) is 2.90. The van der Waals surface area contributed by atoms with Gasteiger partial charge in [0.25, 0.3) is 0 Å². The summed E-state index contributed by atoms with van der Waals surface area (Å²) < 4.78 is 5.57. The number of benzene rings is 1. The molecule has 16 heavy (non-hydrogen) atoms. The van der Waals surface area contributed by atoms with E-state index in [0.717, 1.165) is 23.6 Å². The monoisotopic (exact) mass is 240 g/mol. The Morgan fingerprint density at radius 3 is 2.94 bits per heavy atom. The quantitative estimate of drug-likeness (QED) is 0.630. The standard InChI is InChI=1S/C12H17ClN2O/c1-8-11(5-6-16-8)12(15-14)9-3-2-4-10(13)7-9/h2-4,7-8,11-12,15H,5-6,14H2,1H3. The van der Waals surface area contributed by atoms with Gasteiger partial charge in [0.2, 0.25) is 0 Å². The van der Waals surface area contributed by atoms with E-state index in [1.807, 2.05) is 24.3 Å². The zero-order valence-corrected chi connectivity index (χ0v) is 10.1. The zero-order chi connectivity index (χ0) is 11.5. The third-order valence-corrected chi connectivity index (χ3v) is 3.49. The second-order valence-corrected chi connectivity index (χ2v) is 4.66. The average molecular weight is 241 g/mol. The molecule has 1 saturated heterocycles. The van der Waals surface area contributed by atoms with Gasteiger partial charge >= 0.3 is 0 Å². The third-order valence-electron chi connectivity index (χ3n) is 3.25. The van der Waals surface area contributed by atoms with Crippen molar-refractivity contribution in [1.29, 1.82) is 0 Å². The molecule has 1 aromatic rings. The first-order chi connectivity index (χ1) is 7.72. The molecule has 1 fully saturated rings. The molecule has 3 unspecified atom stereocenters. The molecule has 88 valence electrons. The van der Waals surface area contributed by atoms with E-state index in [-0.39, 0.29) is 12.1 Å². The molecular formula is C12H17ClN2O. The first-order valence-electron chi connectivity index (χ1n) is 5.55. The molecule has 4 heteroatoms. The predicted octanol–water partition coefficient (Wildman–Crippen LogP) is 2.27. The highest BCUT2D eigenvalue weighted by atomic mass is 35.5. The minimum absolute atomic E-state index is 0.108. The minimum Gasteiger partial charge on any atom is -0.378 e. The fourth-order valence-corrected chi connectivity index (χ4v) is 2.55. The molecular weight excluding hydrogens is 224 g/mol. The summed E-state index contributed by atoms with van der Waals surface area (Å²) in [5, 5.41) is 0.740. The lowest BCUT2D eigenvalue weighted by Crippen LogP contribution is -2.36. The van der Waals surface area contributed by atoms with Gasteiger partial charge in [0.15, 0.2) is 0 Å². The van der Waals surface area contributed by atoms with Crippen LogP contribution in [0.1, 0.15) is 24.9 Å². The lowest BCUT2D eigenvalue weighted by molar-refractivity contribution is 0.0954. The molecule has 0 radical (unpaired) electrons. The van der Waals surface area contributed by atoms with Gasteiger partial charge in [-0.15, -0.1) is 0 Å². The van der Waals surface area contributed by atoms with Crippen LogP contribution in [-0.2, 0) is 4.74 Å². The summed E-state index contributed by atoms with van der Waals surface area (Å²) in [5.74, 6) is 6.05. The second-order valence-electron chi connectivity index (χ2n) is 4.23. The van der Waals surface area contributed by atoms with E-state index in [1.165, 1.54) is 0 Å². The molecule has 0 aliphatic carbocycles. The number of rotatable bonds is 3. The van der Waals surface area contributed by atoms with Crippen molar-refractivity contribution in [2.45, 2.75) is 25.5 Å². The van der Waals surface area contributed by atoms with Crippen LogP contribution in [0, 0.1) is 5.92 Å². The molecule has 0 saturated carbocycles. The van der Waals surface area contributed by atoms with Gasteiger partial charge in [-0.25, -0.2) is 0 Å². The van der Waals surface area contributed by atoms with Gasteiger partial charge in [-0.2, -0.15) is 0 Å². The first-order valence-corrected chi connectivity index (χ1v) is 5.93. The maximum absolute atomic E-state index is 5.99. The van der Waals surface area contributed by atoms with Gasteiger partial charge in [0.1, 0.15) is 0 Å². The number of nitrogens with two attached hydrogens (primary N) is 1. The summed E-state index contributed by atoms with van der Waals surface area (Å²) in [6.07, 6.45) is 1.27. The average Bonchev–Trinajstić information content (AvgIpc) is 2.67. The van der Waals surface area contributed by atoms with Gasteiger partial charge in [0, 0.05) is 17.5 Å². The molecule has 1 aromatic carbocycles. The fraction of sp³-hybridized carbons (Fsp3) is 0.500. The molecule has 0 aromatic heterocycles. The van der Waals surface area contributed by atoms with E-state index >= 15 is 0 Å². The second kappa shape index (κ2) is 5.15. The number of nitrogens with one attached hydrogen (secondary N) is 1. The minimum atomic E-state index is 0.108. The molecule has 0 spiro atoms. The summed E-state index contributed by atoms with van der Waals surface area (Å²) in [7, 11) is 0. The Balaban J connectivity index is 2.21. The lowest BCUT2D eigenvalue weighted by atomic mass is 9.89. The van der Waals surface area contributed by atoms with Crippen molar-refractivity contribution in [3.05, 3.63) is 34.9 Å². The van der Waals surface area contributed by atoms with E-state index in [9.17, 15) is 0 Å². The van der Waals surface area contributed by atoms with Crippen molar-refractivity contribution >= 4 is 11.6 Å². The Labute approximate surface area is 101 Å². The van der Waals surface area contributed by atoms with Crippen molar-refractivity contribution in [1.82, 2.24) is 5.43 Å². The largest absolute Gasteiger partial charge is 0.378 e. The topological polar surface area (TPSA) is 47.3 Å². The van der Waals surface area contributed by atoms with E-state index in [1.54, 1.807) is 0 Å². The Hall–Kier alpha value is -0.610.